The summed E-state index contributed by atoms with van der Waals surface area (Å²) in [7, 11) is 0.940. The van der Waals surface area contributed by atoms with E-state index in [1.165, 1.54) is 27.3 Å². The first kappa shape index (κ1) is 21.3. The molecule has 2 rings (SSSR count). The molecule has 146 valence electrons. The van der Waals surface area contributed by atoms with E-state index in [4.69, 9.17) is 4.74 Å². The van der Waals surface area contributed by atoms with E-state index in [2.05, 4.69) is 5.32 Å². The van der Waals surface area contributed by atoms with Crippen LogP contribution in [0.3, 0.4) is 0 Å². The number of thioether (sulfide) groups is 1. The summed E-state index contributed by atoms with van der Waals surface area (Å²) in [5.74, 6) is 0.418. The van der Waals surface area contributed by atoms with Gasteiger partial charge >= 0.3 is 0 Å². The molecular weight excluding hydrogens is 384 g/mol. The van der Waals surface area contributed by atoms with E-state index in [-0.39, 0.29) is 17.2 Å². The quantitative estimate of drug-likeness (QED) is 0.679. The van der Waals surface area contributed by atoms with Crippen LogP contribution >= 0.6 is 11.8 Å². The number of benzene rings is 2. The van der Waals surface area contributed by atoms with E-state index in [9.17, 15) is 13.2 Å². The van der Waals surface area contributed by atoms with Gasteiger partial charge in [0, 0.05) is 31.1 Å². The highest BCUT2D eigenvalue weighted by molar-refractivity contribution is 7.98. The summed E-state index contributed by atoms with van der Waals surface area (Å²) in [4.78, 5) is 13.5. The molecule has 0 saturated heterocycles. The van der Waals surface area contributed by atoms with Crippen molar-refractivity contribution in [2.75, 3.05) is 32.8 Å². The molecule has 0 aliphatic rings. The lowest BCUT2D eigenvalue weighted by molar-refractivity contribution is -0.116. The molecule has 0 aliphatic carbocycles. The van der Waals surface area contributed by atoms with Gasteiger partial charge in [0.25, 0.3) is 0 Å². The average molecular weight is 409 g/mol. The predicted octanol–water partition coefficient (Wildman–Crippen LogP) is 3.24. The number of amides is 1. The van der Waals surface area contributed by atoms with Gasteiger partial charge in [-0.15, -0.1) is 11.8 Å². The van der Waals surface area contributed by atoms with E-state index in [1.807, 2.05) is 30.5 Å². The highest BCUT2D eigenvalue weighted by Gasteiger charge is 2.19. The van der Waals surface area contributed by atoms with Crippen LogP contribution in [0.2, 0.25) is 0 Å². The van der Waals surface area contributed by atoms with E-state index >= 15 is 0 Å². The summed E-state index contributed by atoms with van der Waals surface area (Å²) >= 11 is 1.60. The van der Waals surface area contributed by atoms with Crippen LogP contribution in [0.25, 0.3) is 0 Å². The number of carbonyl (C=O) groups excluding carboxylic acids is 1. The number of methoxy groups -OCH3 is 1. The zero-order valence-electron chi connectivity index (χ0n) is 15.9. The van der Waals surface area contributed by atoms with Crippen molar-refractivity contribution >= 4 is 33.4 Å². The summed E-state index contributed by atoms with van der Waals surface area (Å²) < 4.78 is 31.1. The Bertz CT molecular complexity index is 912. The Kier molecular flexibility index (Phi) is 7.29. The second-order valence-corrected chi connectivity index (χ2v) is 9.07. The van der Waals surface area contributed by atoms with Gasteiger partial charge in [-0.2, -0.15) is 0 Å². The number of carbonyl (C=O) groups is 1. The summed E-state index contributed by atoms with van der Waals surface area (Å²) in [6, 6.07) is 12.3. The van der Waals surface area contributed by atoms with Gasteiger partial charge in [-0.05, 0) is 54.6 Å². The first-order valence-electron chi connectivity index (χ1n) is 8.31. The van der Waals surface area contributed by atoms with Gasteiger partial charge in [0.1, 0.15) is 5.75 Å². The second-order valence-electron chi connectivity index (χ2n) is 6.04. The van der Waals surface area contributed by atoms with Crippen molar-refractivity contribution in [3.63, 3.8) is 0 Å². The van der Waals surface area contributed by atoms with Gasteiger partial charge in [-0.25, -0.2) is 12.7 Å². The number of hydrogen-bond donors (Lipinski definition) is 1. The fraction of sp³-hybridized carbons (Fsp3) is 0.316. The van der Waals surface area contributed by atoms with Crippen molar-refractivity contribution in [3.8, 4) is 5.75 Å². The Morgan fingerprint density at radius 3 is 2.56 bits per heavy atom. The van der Waals surface area contributed by atoms with Crippen molar-refractivity contribution in [2.45, 2.75) is 22.6 Å². The topological polar surface area (TPSA) is 75.7 Å². The molecule has 8 heteroatoms. The zero-order chi connectivity index (χ0) is 20.0. The monoisotopic (exact) mass is 408 g/mol. The summed E-state index contributed by atoms with van der Waals surface area (Å²) in [6.45, 7) is 0. The number of anilines is 1. The lowest BCUT2D eigenvalue weighted by Crippen LogP contribution is -2.22. The van der Waals surface area contributed by atoms with Crippen LogP contribution in [0, 0.1) is 0 Å². The maximum absolute atomic E-state index is 12.3. The SMILES string of the molecule is COc1ccc(S(=O)(=O)N(C)C)cc1CCC(=O)Nc1cccc(SC)c1. The summed E-state index contributed by atoms with van der Waals surface area (Å²) in [5.41, 5.74) is 1.41. The van der Waals surface area contributed by atoms with Crippen molar-refractivity contribution < 1.29 is 17.9 Å². The van der Waals surface area contributed by atoms with Crippen molar-refractivity contribution in [1.82, 2.24) is 4.31 Å². The minimum Gasteiger partial charge on any atom is -0.496 e. The molecular formula is C19H24N2O4S2. The number of hydrogen-bond acceptors (Lipinski definition) is 5. The second kappa shape index (κ2) is 9.25. The number of rotatable bonds is 8. The average Bonchev–Trinajstić information content (AvgIpc) is 2.66. The lowest BCUT2D eigenvalue weighted by Gasteiger charge is -2.14. The van der Waals surface area contributed by atoms with Crippen LogP contribution in [0.4, 0.5) is 5.69 Å². The molecule has 27 heavy (non-hydrogen) atoms. The van der Waals surface area contributed by atoms with E-state index < -0.39 is 10.0 Å². The van der Waals surface area contributed by atoms with Gasteiger partial charge in [-0.3, -0.25) is 4.79 Å². The van der Waals surface area contributed by atoms with Crippen LogP contribution < -0.4 is 10.1 Å². The fourth-order valence-electron chi connectivity index (χ4n) is 2.49. The van der Waals surface area contributed by atoms with Crippen LogP contribution in [0.15, 0.2) is 52.3 Å². The molecule has 0 aliphatic heterocycles. The predicted molar refractivity (Wildman–Crippen MR) is 109 cm³/mol. The van der Waals surface area contributed by atoms with Gasteiger partial charge in [0.05, 0.1) is 12.0 Å². The van der Waals surface area contributed by atoms with E-state index in [1.54, 1.807) is 23.9 Å². The van der Waals surface area contributed by atoms with E-state index in [0.717, 1.165) is 14.9 Å². The molecule has 0 spiro atoms. The molecule has 0 aromatic heterocycles. The third-order valence-electron chi connectivity index (χ3n) is 4.01. The van der Waals surface area contributed by atoms with Gasteiger partial charge < -0.3 is 10.1 Å². The van der Waals surface area contributed by atoms with Crippen molar-refractivity contribution in [3.05, 3.63) is 48.0 Å². The van der Waals surface area contributed by atoms with E-state index in [0.29, 0.717) is 17.7 Å². The van der Waals surface area contributed by atoms with Crippen LogP contribution in [-0.2, 0) is 21.2 Å². The first-order valence-corrected chi connectivity index (χ1v) is 11.0. The third kappa shape index (κ3) is 5.47. The maximum atomic E-state index is 12.3. The van der Waals surface area contributed by atoms with Crippen molar-refractivity contribution in [2.24, 2.45) is 0 Å². The Balaban J connectivity index is 2.12. The number of nitrogens with one attached hydrogen (secondary N) is 1. The van der Waals surface area contributed by atoms with Crippen LogP contribution in [0.1, 0.15) is 12.0 Å². The van der Waals surface area contributed by atoms with Crippen LogP contribution in [0.5, 0.6) is 5.75 Å². The lowest BCUT2D eigenvalue weighted by atomic mass is 10.1. The number of ether oxygens (including phenoxy) is 1. The molecule has 0 fully saturated rings. The minimum absolute atomic E-state index is 0.142. The Hall–Kier alpha value is -2.03. The molecule has 1 N–H and O–H groups in total. The molecule has 2 aromatic carbocycles. The number of nitrogens with zero attached hydrogens (tertiary/aromatic N) is 1. The molecule has 0 saturated carbocycles. The van der Waals surface area contributed by atoms with Crippen molar-refractivity contribution in [1.29, 1.82) is 0 Å². The van der Waals surface area contributed by atoms with Crippen LogP contribution in [-0.4, -0.2) is 46.1 Å². The van der Waals surface area contributed by atoms with Gasteiger partial charge in [-0.1, -0.05) is 6.07 Å². The first-order chi connectivity index (χ1) is 12.8. The Morgan fingerprint density at radius 2 is 1.93 bits per heavy atom. The molecule has 0 bridgehead atoms. The maximum Gasteiger partial charge on any atom is 0.242 e. The summed E-state index contributed by atoms with van der Waals surface area (Å²) in [6.07, 6.45) is 2.56. The highest BCUT2D eigenvalue weighted by Crippen LogP contribution is 2.25. The minimum atomic E-state index is -3.54. The Labute approximate surface area is 165 Å². The normalized spacial score (nSPS) is 11.4. The molecule has 6 nitrogen and oxygen atoms in total. The fourth-order valence-corrected chi connectivity index (χ4v) is 3.91. The molecule has 0 unspecified atom stereocenters. The molecule has 1 amide bonds. The molecule has 0 atom stereocenters. The highest BCUT2D eigenvalue weighted by atomic mass is 32.2. The summed E-state index contributed by atoms with van der Waals surface area (Å²) in [5, 5.41) is 2.87. The smallest absolute Gasteiger partial charge is 0.242 e. The van der Waals surface area contributed by atoms with Gasteiger partial charge in [0.15, 0.2) is 0 Å². The molecule has 0 heterocycles. The number of aryl methyl sites for hydroxylation is 1. The largest absolute Gasteiger partial charge is 0.496 e. The third-order valence-corrected chi connectivity index (χ3v) is 6.54. The standard InChI is InChI=1S/C19H24N2O4S2/c1-21(2)27(23,24)17-9-10-18(25-3)14(12-17)8-11-19(22)20-15-6-5-7-16(13-15)26-4/h5-7,9-10,12-13H,8,11H2,1-4H3,(H,20,22). The zero-order valence-corrected chi connectivity index (χ0v) is 17.5. The molecule has 0 radical (unpaired) electrons. The number of sulfonamides is 1. The Morgan fingerprint density at radius 1 is 1.19 bits per heavy atom. The molecule has 2 aromatic rings. The van der Waals surface area contributed by atoms with Gasteiger partial charge in [0.2, 0.25) is 15.9 Å².